The van der Waals surface area contributed by atoms with Crippen LogP contribution in [0.1, 0.15) is 11.3 Å². The van der Waals surface area contributed by atoms with Crippen molar-refractivity contribution in [3.63, 3.8) is 0 Å². The van der Waals surface area contributed by atoms with Crippen molar-refractivity contribution < 1.29 is 18.3 Å². The molecule has 33 heavy (non-hydrogen) atoms. The van der Waals surface area contributed by atoms with Crippen molar-refractivity contribution in [1.29, 1.82) is 0 Å². The average Bonchev–Trinajstić information content (AvgIpc) is 3.20. The topological polar surface area (TPSA) is 113 Å². The molecule has 10 heteroatoms. The number of nitrogens with one attached hydrogen (secondary N) is 2. The van der Waals surface area contributed by atoms with Gasteiger partial charge in [0.05, 0.1) is 17.7 Å². The molecule has 0 bridgehead atoms. The fourth-order valence-corrected chi connectivity index (χ4v) is 5.40. The minimum atomic E-state index is -3.95. The molecule has 2 heterocycles. The number of ether oxygens (including phenoxy) is 1. The summed E-state index contributed by atoms with van der Waals surface area (Å²) in [6, 6.07) is 14.6. The lowest BCUT2D eigenvalue weighted by Gasteiger charge is -2.13. The molecule has 0 aliphatic heterocycles. The summed E-state index contributed by atoms with van der Waals surface area (Å²) in [6.07, 6.45) is 3.51. The highest BCUT2D eigenvalue weighted by molar-refractivity contribution is 7.92. The average molecular weight is 483 g/mol. The van der Waals surface area contributed by atoms with Crippen molar-refractivity contribution in [2.75, 3.05) is 17.1 Å². The van der Waals surface area contributed by atoms with Gasteiger partial charge < -0.3 is 15.2 Å². The molecule has 2 aromatic carbocycles. The van der Waals surface area contributed by atoms with Crippen molar-refractivity contribution in [3.8, 4) is 21.9 Å². The molecule has 0 unspecified atom stereocenters. The van der Waals surface area contributed by atoms with Crippen LogP contribution >= 0.6 is 11.3 Å². The summed E-state index contributed by atoms with van der Waals surface area (Å²) < 4.78 is 34.1. The maximum atomic E-state index is 13.1. The number of nitrogens with zero attached hydrogens (tertiary/aromatic N) is 2. The molecule has 0 aliphatic carbocycles. The van der Waals surface area contributed by atoms with Gasteiger partial charge >= 0.3 is 0 Å². The Morgan fingerprint density at radius 3 is 2.61 bits per heavy atom. The number of thiazole rings is 1. The van der Waals surface area contributed by atoms with Gasteiger partial charge in [0.15, 0.2) is 5.13 Å². The van der Waals surface area contributed by atoms with Crippen LogP contribution in [0.3, 0.4) is 0 Å². The third kappa shape index (κ3) is 5.24. The van der Waals surface area contributed by atoms with Gasteiger partial charge in [-0.15, -0.1) is 0 Å². The zero-order valence-corrected chi connectivity index (χ0v) is 19.6. The number of benzene rings is 2. The molecular formula is C23H22N4O4S2. The number of methoxy groups -OCH3 is 1. The largest absolute Gasteiger partial charge is 0.508 e. The fraction of sp³-hybridized carbons (Fsp3) is 0.130. The van der Waals surface area contributed by atoms with E-state index in [4.69, 9.17) is 4.74 Å². The minimum Gasteiger partial charge on any atom is -0.508 e. The maximum Gasteiger partial charge on any atom is 0.265 e. The quantitative estimate of drug-likeness (QED) is 0.314. The number of aromatic nitrogens is 2. The lowest BCUT2D eigenvalue weighted by atomic mass is 10.1. The highest BCUT2D eigenvalue weighted by Crippen LogP contribution is 2.37. The third-order valence-corrected chi connectivity index (χ3v) is 7.36. The molecule has 0 saturated carbocycles. The van der Waals surface area contributed by atoms with Crippen LogP contribution in [0, 0.1) is 6.92 Å². The van der Waals surface area contributed by atoms with Crippen molar-refractivity contribution in [1.82, 2.24) is 9.97 Å². The van der Waals surface area contributed by atoms with E-state index in [1.807, 2.05) is 25.1 Å². The number of sulfonamides is 1. The summed E-state index contributed by atoms with van der Waals surface area (Å²) in [6.45, 7) is 2.47. The Labute approximate surface area is 196 Å². The Morgan fingerprint density at radius 1 is 1.12 bits per heavy atom. The van der Waals surface area contributed by atoms with Crippen LogP contribution in [0.15, 0.2) is 71.9 Å². The van der Waals surface area contributed by atoms with E-state index in [1.54, 1.807) is 24.5 Å². The van der Waals surface area contributed by atoms with Gasteiger partial charge in [0, 0.05) is 24.6 Å². The zero-order valence-electron chi connectivity index (χ0n) is 17.9. The first-order chi connectivity index (χ1) is 15.9. The first-order valence-corrected chi connectivity index (χ1v) is 12.3. The number of aromatic hydroxyl groups is 1. The van der Waals surface area contributed by atoms with E-state index in [9.17, 15) is 13.5 Å². The van der Waals surface area contributed by atoms with Crippen molar-refractivity contribution in [2.45, 2.75) is 18.4 Å². The Bertz CT molecular complexity index is 1360. The van der Waals surface area contributed by atoms with Crippen LogP contribution in [-0.2, 0) is 16.6 Å². The Balaban J connectivity index is 1.62. The Kier molecular flexibility index (Phi) is 6.47. The van der Waals surface area contributed by atoms with Crippen LogP contribution < -0.4 is 14.8 Å². The van der Waals surface area contributed by atoms with Gasteiger partial charge in [0.1, 0.15) is 16.4 Å². The second-order valence-corrected chi connectivity index (χ2v) is 9.82. The number of rotatable bonds is 8. The number of aryl methyl sites for hydroxylation is 1. The summed E-state index contributed by atoms with van der Waals surface area (Å²) in [5.74, 6) is 0.272. The Morgan fingerprint density at radius 2 is 1.91 bits per heavy atom. The lowest BCUT2D eigenvalue weighted by molar-refractivity contribution is 0.403. The van der Waals surface area contributed by atoms with Crippen molar-refractivity contribution in [3.05, 3.63) is 78.2 Å². The molecule has 0 spiro atoms. The monoisotopic (exact) mass is 482 g/mol. The van der Waals surface area contributed by atoms with Gasteiger partial charge in [0.2, 0.25) is 0 Å². The summed E-state index contributed by atoms with van der Waals surface area (Å²) in [5, 5.41) is 13.5. The number of phenols is 1. The van der Waals surface area contributed by atoms with E-state index in [2.05, 4.69) is 20.0 Å². The first-order valence-electron chi connectivity index (χ1n) is 9.96. The normalized spacial score (nSPS) is 11.2. The molecule has 0 amide bonds. The highest BCUT2D eigenvalue weighted by Gasteiger charge is 2.22. The molecule has 2 aromatic heterocycles. The maximum absolute atomic E-state index is 13.1. The minimum absolute atomic E-state index is 0.00763. The zero-order chi connectivity index (χ0) is 23.4. The summed E-state index contributed by atoms with van der Waals surface area (Å²) in [7, 11) is -2.52. The van der Waals surface area contributed by atoms with E-state index in [-0.39, 0.29) is 16.4 Å². The van der Waals surface area contributed by atoms with E-state index in [1.165, 1.54) is 42.7 Å². The van der Waals surface area contributed by atoms with Crippen LogP contribution in [-0.4, -0.2) is 30.6 Å². The molecular weight excluding hydrogens is 460 g/mol. The smallest absolute Gasteiger partial charge is 0.265 e. The van der Waals surface area contributed by atoms with E-state index in [0.717, 1.165) is 21.3 Å². The molecule has 0 aliphatic rings. The van der Waals surface area contributed by atoms with Crippen LogP contribution in [0.5, 0.6) is 11.5 Å². The molecule has 0 radical (unpaired) electrons. The number of pyridine rings is 1. The lowest BCUT2D eigenvalue weighted by Crippen LogP contribution is -2.14. The SMILES string of the molecule is COc1ccc(-c2sc(NCc3cccnc3)nc2C)cc1S(=O)(=O)Nc1ccc(O)cc1. The molecule has 4 rings (SSSR count). The van der Waals surface area contributed by atoms with Gasteiger partial charge in [-0.3, -0.25) is 9.71 Å². The molecule has 170 valence electrons. The van der Waals surface area contributed by atoms with E-state index < -0.39 is 10.0 Å². The van der Waals surface area contributed by atoms with Crippen molar-refractivity contribution in [2.24, 2.45) is 0 Å². The molecule has 0 atom stereocenters. The van der Waals surface area contributed by atoms with Gasteiger partial charge in [-0.25, -0.2) is 13.4 Å². The molecule has 3 N–H and O–H groups in total. The number of hydrogen-bond acceptors (Lipinski definition) is 8. The predicted octanol–water partition coefficient (Wildman–Crippen LogP) is 4.64. The van der Waals surface area contributed by atoms with Crippen LogP contribution in [0.4, 0.5) is 10.8 Å². The number of hydrogen-bond donors (Lipinski definition) is 3. The third-order valence-electron chi connectivity index (χ3n) is 4.80. The summed E-state index contributed by atoms with van der Waals surface area (Å²) >= 11 is 1.44. The molecule has 8 nitrogen and oxygen atoms in total. The number of phenolic OH excluding ortho intramolecular Hbond substituents is 1. The summed E-state index contributed by atoms with van der Waals surface area (Å²) in [4.78, 5) is 9.55. The predicted molar refractivity (Wildman–Crippen MR) is 129 cm³/mol. The van der Waals surface area contributed by atoms with Gasteiger partial charge in [-0.05, 0) is 66.6 Å². The van der Waals surface area contributed by atoms with Gasteiger partial charge in [-0.2, -0.15) is 0 Å². The Hall–Kier alpha value is -3.63. The standard InChI is InChI=1S/C23H22N4O4S2/c1-15-22(32-23(26-15)25-14-16-4-3-11-24-13-16)17-5-10-20(31-2)21(12-17)33(29,30)27-18-6-8-19(28)9-7-18/h3-13,27-28H,14H2,1-2H3,(H,25,26). The van der Waals surface area contributed by atoms with Crippen LogP contribution in [0.2, 0.25) is 0 Å². The van der Waals surface area contributed by atoms with Crippen LogP contribution in [0.25, 0.3) is 10.4 Å². The van der Waals surface area contributed by atoms with Gasteiger partial charge in [-0.1, -0.05) is 17.4 Å². The summed E-state index contributed by atoms with van der Waals surface area (Å²) in [5.41, 5.74) is 2.86. The second kappa shape index (κ2) is 9.47. The van der Waals surface area contributed by atoms with Crippen molar-refractivity contribution >= 4 is 32.2 Å². The van der Waals surface area contributed by atoms with E-state index >= 15 is 0 Å². The second-order valence-electron chi connectivity index (χ2n) is 7.17. The first kappa shape index (κ1) is 22.6. The molecule has 4 aromatic rings. The molecule has 0 fully saturated rings. The highest BCUT2D eigenvalue weighted by atomic mass is 32.2. The molecule has 0 saturated heterocycles. The van der Waals surface area contributed by atoms with Gasteiger partial charge in [0.25, 0.3) is 10.0 Å². The fourth-order valence-electron chi connectivity index (χ4n) is 3.19. The number of anilines is 2. The van der Waals surface area contributed by atoms with E-state index in [0.29, 0.717) is 17.8 Å².